The van der Waals surface area contributed by atoms with Crippen LogP contribution in [0, 0.1) is 0 Å². The van der Waals surface area contributed by atoms with Gasteiger partial charge in [-0.3, -0.25) is 4.40 Å². The van der Waals surface area contributed by atoms with Crippen LogP contribution in [0.25, 0.3) is 11.7 Å². The highest BCUT2D eigenvalue weighted by Gasteiger charge is 2.18. The number of fused-ring (bicyclic) bond motifs is 1. The lowest BCUT2D eigenvalue weighted by molar-refractivity contribution is 0.312. The summed E-state index contributed by atoms with van der Waals surface area (Å²) in [6, 6.07) is 0. The largest absolute Gasteiger partial charge is 0.351 e. The van der Waals surface area contributed by atoms with Crippen LogP contribution in [-0.2, 0) is 0 Å². The topological polar surface area (TPSA) is 36.7 Å². The van der Waals surface area contributed by atoms with Crippen LogP contribution in [0.1, 0.15) is 31.9 Å². The summed E-state index contributed by atoms with van der Waals surface area (Å²) in [5.74, 6) is 1.00. The first-order valence-electron chi connectivity index (χ1n) is 8.21. The summed E-state index contributed by atoms with van der Waals surface area (Å²) in [6.07, 6.45) is 13.8. The number of hydrogen-bond donors (Lipinski definition) is 0. The molecule has 2 aromatic heterocycles. The van der Waals surface area contributed by atoms with Gasteiger partial charge >= 0.3 is 0 Å². The Morgan fingerprint density at radius 1 is 1.18 bits per heavy atom. The van der Waals surface area contributed by atoms with E-state index in [0.717, 1.165) is 49.8 Å². The number of anilines is 1. The predicted octanol–water partition coefficient (Wildman–Crippen LogP) is 2.68. The third-order valence-corrected chi connectivity index (χ3v) is 4.25. The van der Waals surface area contributed by atoms with Crippen molar-refractivity contribution in [2.75, 3.05) is 38.1 Å². The average molecular weight is 299 g/mol. The molecule has 1 fully saturated rings. The number of nitrogens with zero attached hydrogens (tertiary/aromatic N) is 5. The van der Waals surface area contributed by atoms with Crippen LogP contribution in [-0.4, -0.2) is 52.5 Å². The van der Waals surface area contributed by atoms with E-state index in [9.17, 15) is 0 Å². The number of rotatable bonds is 5. The molecule has 1 aliphatic rings. The van der Waals surface area contributed by atoms with Gasteiger partial charge in [-0.25, -0.2) is 9.97 Å². The van der Waals surface area contributed by atoms with Gasteiger partial charge in [0.05, 0.1) is 11.9 Å². The molecule has 0 bridgehead atoms. The standard InChI is InChI=1S/C17H25N5/c1-3-4-5-6-7-15-14-19-17-16(18-8-9-22(15)17)21-12-10-20(2)11-13-21/h6-9,14H,3-5,10-13H2,1-2H3/b7-6-. The van der Waals surface area contributed by atoms with E-state index >= 15 is 0 Å². The molecule has 3 heterocycles. The summed E-state index contributed by atoms with van der Waals surface area (Å²) in [4.78, 5) is 13.9. The molecule has 0 saturated carbocycles. The van der Waals surface area contributed by atoms with Gasteiger partial charge in [-0.2, -0.15) is 0 Å². The number of likely N-dealkylation sites (N-methyl/N-ethyl adjacent to an activating group) is 1. The Morgan fingerprint density at radius 2 is 2.00 bits per heavy atom. The van der Waals surface area contributed by atoms with Crippen LogP contribution in [0.4, 0.5) is 5.82 Å². The number of hydrogen-bond acceptors (Lipinski definition) is 4. The molecule has 0 N–H and O–H groups in total. The van der Waals surface area contributed by atoms with E-state index in [-0.39, 0.29) is 0 Å². The van der Waals surface area contributed by atoms with Gasteiger partial charge in [0, 0.05) is 38.6 Å². The van der Waals surface area contributed by atoms with Crippen molar-refractivity contribution in [2.24, 2.45) is 0 Å². The van der Waals surface area contributed by atoms with Crippen LogP contribution >= 0.6 is 0 Å². The summed E-state index contributed by atoms with van der Waals surface area (Å²) < 4.78 is 2.14. The summed E-state index contributed by atoms with van der Waals surface area (Å²) >= 11 is 0. The van der Waals surface area contributed by atoms with Crippen molar-refractivity contribution in [1.29, 1.82) is 0 Å². The summed E-state index contributed by atoms with van der Waals surface area (Å²) in [7, 11) is 2.17. The van der Waals surface area contributed by atoms with Crippen LogP contribution in [0.15, 0.2) is 24.7 Å². The average Bonchev–Trinajstić information content (AvgIpc) is 2.96. The van der Waals surface area contributed by atoms with E-state index in [4.69, 9.17) is 0 Å². The van der Waals surface area contributed by atoms with Gasteiger partial charge in [0.15, 0.2) is 11.5 Å². The molecule has 118 valence electrons. The fourth-order valence-electron chi connectivity index (χ4n) is 2.82. The van der Waals surface area contributed by atoms with Crippen LogP contribution in [0.3, 0.4) is 0 Å². The molecular formula is C17H25N5. The van der Waals surface area contributed by atoms with Gasteiger partial charge < -0.3 is 9.80 Å². The minimum absolute atomic E-state index is 0.960. The molecular weight excluding hydrogens is 274 g/mol. The Labute approximate surface area is 132 Å². The normalized spacial score (nSPS) is 16.9. The van der Waals surface area contributed by atoms with Crippen LogP contribution in [0.2, 0.25) is 0 Å². The monoisotopic (exact) mass is 299 g/mol. The zero-order chi connectivity index (χ0) is 15.4. The highest BCUT2D eigenvalue weighted by molar-refractivity contribution is 5.67. The summed E-state index contributed by atoms with van der Waals surface area (Å²) in [6.45, 7) is 6.39. The smallest absolute Gasteiger partial charge is 0.180 e. The highest BCUT2D eigenvalue weighted by Crippen LogP contribution is 2.20. The van der Waals surface area contributed by atoms with Crippen molar-refractivity contribution >= 4 is 17.5 Å². The van der Waals surface area contributed by atoms with Crippen molar-refractivity contribution in [3.05, 3.63) is 30.4 Å². The van der Waals surface area contributed by atoms with Crippen LogP contribution in [0.5, 0.6) is 0 Å². The SMILES string of the molecule is CCCC/C=C\c1cnc2c(N3CCN(C)CC3)nccn12. The van der Waals surface area contributed by atoms with Gasteiger partial charge in [0.25, 0.3) is 0 Å². The van der Waals surface area contributed by atoms with Crippen molar-refractivity contribution in [1.82, 2.24) is 19.3 Å². The third kappa shape index (κ3) is 3.14. The molecule has 0 spiro atoms. The lowest BCUT2D eigenvalue weighted by Crippen LogP contribution is -2.45. The quantitative estimate of drug-likeness (QED) is 0.795. The van der Waals surface area contributed by atoms with E-state index in [1.54, 1.807) is 0 Å². The summed E-state index contributed by atoms with van der Waals surface area (Å²) in [5.41, 5.74) is 2.09. The Kier molecular flexibility index (Phi) is 4.73. The number of aromatic nitrogens is 3. The van der Waals surface area contributed by atoms with Gasteiger partial charge in [-0.05, 0) is 19.5 Å². The molecule has 22 heavy (non-hydrogen) atoms. The Morgan fingerprint density at radius 3 is 2.77 bits per heavy atom. The van der Waals surface area contributed by atoms with Crippen molar-refractivity contribution < 1.29 is 0 Å². The maximum atomic E-state index is 4.61. The molecule has 0 aliphatic carbocycles. The second kappa shape index (κ2) is 6.92. The number of unbranched alkanes of at least 4 members (excludes halogenated alkanes) is 2. The van der Waals surface area contributed by atoms with E-state index in [1.807, 2.05) is 18.6 Å². The zero-order valence-electron chi connectivity index (χ0n) is 13.6. The molecule has 0 amide bonds. The van der Waals surface area contributed by atoms with Gasteiger partial charge in [-0.1, -0.05) is 25.8 Å². The fraction of sp³-hybridized carbons (Fsp3) is 0.529. The maximum Gasteiger partial charge on any atom is 0.180 e. The highest BCUT2D eigenvalue weighted by atomic mass is 15.3. The zero-order valence-corrected chi connectivity index (χ0v) is 13.6. The number of piperazine rings is 1. The van der Waals surface area contributed by atoms with Crippen molar-refractivity contribution in [2.45, 2.75) is 26.2 Å². The first-order valence-corrected chi connectivity index (χ1v) is 8.21. The molecule has 0 unspecified atom stereocenters. The molecule has 1 saturated heterocycles. The Balaban J connectivity index is 1.84. The number of imidazole rings is 1. The van der Waals surface area contributed by atoms with E-state index in [2.05, 4.69) is 50.3 Å². The van der Waals surface area contributed by atoms with Gasteiger partial charge in [0.1, 0.15) is 0 Å². The molecule has 1 aliphatic heterocycles. The molecule has 0 radical (unpaired) electrons. The first kappa shape index (κ1) is 15.0. The van der Waals surface area contributed by atoms with E-state index < -0.39 is 0 Å². The number of allylic oxidation sites excluding steroid dienone is 1. The molecule has 3 rings (SSSR count). The second-order valence-corrected chi connectivity index (χ2v) is 5.96. The lowest BCUT2D eigenvalue weighted by Gasteiger charge is -2.33. The predicted molar refractivity (Wildman–Crippen MR) is 91.3 cm³/mol. The van der Waals surface area contributed by atoms with Gasteiger partial charge in [-0.15, -0.1) is 0 Å². The Bertz CT molecular complexity index is 638. The molecule has 5 heteroatoms. The summed E-state index contributed by atoms with van der Waals surface area (Å²) in [5, 5.41) is 0. The molecule has 5 nitrogen and oxygen atoms in total. The lowest BCUT2D eigenvalue weighted by atomic mass is 10.2. The van der Waals surface area contributed by atoms with Gasteiger partial charge in [0.2, 0.25) is 0 Å². The molecule has 0 aromatic carbocycles. The molecule has 2 aromatic rings. The minimum atomic E-state index is 0.960. The van der Waals surface area contributed by atoms with Crippen molar-refractivity contribution in [3.63, 3.8) is 0 Å². The molecule has 0 atom stereocenters. The minimum Gasteiger partial charge on any atom is -0.351 e. The van der Waals surface area contributed by atoms with Crippen molar-refractivity contribution in [3.8, 4) is 0 Å². The first-order chi connectivity index (χ1) is 10.8. The second-order valence-electron chi connectivity index (χ2n) is 5.96. The van der Waals surface area contributed by atoms with E-state index in [1.165, 1.54) is 12.8 Å². The van der Waals surface area contributed by atoms with Crippen LogP contribution < -0.4 is 4.90 Å². The third-order valence-electron chi connectivity index (χ3n) is 4.25. The maximum absolute atomic E-state index is 4.61. The fourth-order valence-corrected chi connectivity index (χ4v) is 2.82. The van der Waals surface area contributed by atoms with E-state index in [0.29, 0.717) is 0 Å². The Hall–Kier alpha value is -1.88.